The summed E-state index contributed by atoms with van der Waals surface area (Å²) in [6.07, 6.45) is 6.53. The van der Waals surface area contributed by atoms with E-state index in [0.717, 1.165) is 25.9 Å². The molecule has 7 nitrogen and oxygen atoms in total. The molecule has 2 heterocycles. The van der Waals surface area contributed by atoms with E-state index in [1.165, 1.54) is 12.7 Å². The fourth-order valence-corrected chi connectivity index (χ4v) is 2.82. The number of aryl methyl sites for hydroxylation is 1. The van der Waals surface area contributed by atoms with Crippen LogP contribution in [0.5, 0.6) is 0 Å². The number of nitrogens with zero attached hydrogens (tertiary/aromatic N) is 4. The number of nitrogens with one attached hydrogen (secondary N) is 1. The van der Waals surface area contributed by atoms with Gasteiger partial charge in [-0.1, -0.05) is 12.1 Å². The van der Waals surface area contributed by atoms with E-state index < -0.39 is 0 Å². The molecule has 126 valence electrons. The van der Waals surface area contributed by atoms with E-state index in [-0.39, 0.29) is 18.2 Å². The molecule has 0 radical (unpaired) electrons. The highest BCUT2D eigenvalue weighted by molar-refractivity contribution is 6.03. The van der Waals surface area contributed by atoms with E-state index in [0.29, 0.717) is 17.8 Å². The molecule has 2 amide bonds. The zero-order valence-electron chi connectivity index (χ0n) is 13.5. The van der Waals surface area contributed by atoms with Gasteiger partial charge in [0, 0.05) is 19.5 Å². The normalized spacial score (nSPS) is 14.4. The van der Waals surface area contributed by atoms with E-state index in [2.05, 4.69) is 15.4 Å². The Hall–Kier alpha value is -2.70. The molecule has 1 aromatic heterocycles. The predicted octanol–water partition coefficient (Wildman–Crippen LogP) is 1.93. The van der Waals surface area contributed by atoms with Gasteiger partial charge in [0.05, 0.1) is 17.8 Å². The summed E-state index contributed by atoms with van der Waals surface area (Å²) in [5.41, 5.74) is 1.12. The molecule has 1 aliphatic rings. The number of piperidine rings is 1. The van der Waals surface area contributed by atoms with Crippen molar-refractivity contribution >= 4 is 17.5 Å². The van der Waals surface area contributed by atoms with Crippen LogP contribution >= 0.6 is 0 Å². The molecule has 1 saturated heterocycles. The van der Waals surface area contributed by atoms with Crippen molar-refractivity contribution < 1.29 is 9.59 Å². The van der Waals surface area contributed by atoms with E-state index >= 15 is 0 Å². The minimum atomic E-state index is -0.149. The van der Waals surface area contributed by atoms with Gasteiger partial charge in [-0.25, -0.2) is 4.98 Å². The summed E-state index contributed by atoms with van der Waals surface area (Å²) in [6, 6.07) is 7.18. The van der Waals surface area contributed by atoms with Crippen LogP contribution in [0.3, 0.4) is 0 Å². The third-order valence-corrected chi connectivity index (χ3v) is 4.11. The Morgan fingerprint density at radius 2 is 1.92 bits per heavy atom. The molecule has 0 unspecified atom stereocenters. The summed E-state index contributed by atoms with van der Waals surface area (Å²) >= 11 is 0. The molecular weight excluding hydrogens is 306 g/mol. The zero-order valence-corrected chi connectivity index (χ0v) is 13.5. The monoisotopic (exact) mass is 327 g/mol. The molecule has 1 aromatic carbocycles. The Labute approximate surface area is 140 Å². The van der Waals surface area contributed by atoms with Crippen molar-refractivity contribution in [2.24, 2.45) is 0 Å². The number of rotatable bonds is 5. The van der Waals surface area contributed by atoms with Crippen LogP contribution in [0.2, 0.25) is 0 Å². The van der Waals surface area contributed by atoms with E-state index in [4.69, 9.17) is 0 Å². The largest absolute Gasteiger partial charge is 0.339 e. The molecule has 0 saturated carbocycles. The van der Waals surface area contributed by atoms with Gasteiger partial charge in [-0.15, -0.1) is 0 Å². The number of carbonyl (C=O) groups is 2. The van der Waals surface area contributed by atoms with Crippen LogP contribution < -0.4 is 5.32 Å². The molecule has 2 aromatic rings. The van der Waals surface area contributed by atoms with Crippen LogP contribution in [0.1, 0.15) is 36.0 Å². The van der Waals surface area contributed by atoms with Gasteiger partial charge in [-0.05, 0) is 31.4 Å². The zero-order chi connectivity index (χ0) is 16.8. The Kier molecular flexibility index (Phi) is 5.20. The van der Waals surface area contributed by atoms with Crippen LogP contribution in [0.15, 0.2) is 36.9 Å². The van der Waals surface area contributed by atoms with Crippen LogP contribution in [0, 0.1) is 0 Å². The van der Waals surface area contributed by atoms with Gasteiger partial charge >= 0.3 is 0 Å². The maximum Gasteiger partial charge on any atom is 0.255 e. The summed E-state index contributed by atoms with van der Waals surface area (Å²) in [6.45, 7) is 2.02. The minimum absolute atomic E-state index is 0.0122. The first-order valence-electron chi connectivity index (χ1n) is 8.24. The van der Waals surface area contributed by atoms with Gasteiger partial charge in [0.1, 0.15) is 12.7 Å². The van der Waals surface area contributed by atoms with Crippen LogP contribution in [0.4, 0.5) is 5.69 Å². The summed E-state index contributed by atoms with van der Waals surface area (Å²) in [5.74, 6) is -0.161. The topological polar surface area (TPSA) is 80.1 Å². The maximum atomic E-state index is 12.7. The van der Waals surface area contributed by atoms with Crippen LogP contribution in [-0.4, -0.2) is 44.6 Å². The van der Waals surface area contributed by atoms with Crippen molar-refractivity contribution in [2.75, 3.05) is 18.4 Å². The molecular formula is C17H21N5O2. The summed E-state index contributed by atoms with van der Waals surface area (Å²) in [4.78, 5) is 30.6. The van der Waals surface area contributed by atoms with E-state index in [1.807, 2.05) is 17.0 Å². The van der Waals surface area contributed by atoms with Crippen molar-refractivity contribution in [3.05, 3.63) is 42.5 Å². The average molecular weight is 327 g/mol. The number of hydrogen-bond acceptors (Lipinski definition) is 4. The Morgan fingerprint density at radius 3 is 2.67 bits per heavy atom. The number of anilines is 1. The van der Waals surface area contributed by atoms with Crippen LogP contribution in [-0.2, 0) is 11.3 Å². The summed E-state index contributed by atoms with van der Waals surface area (Å²) in [7, 11) is 0. The highest BCUT2D eigenvalue weighted by atomic mass is 16.2. The van der Waals surface area contributed by atoms with Gasteiger partial charge < -0.3 is 10.2 Å². The molecule has 0 spiro atoms. The minimum Gasteiger partial charge on any atom is -0.339 e. The van der Waals surface area contributed by atoms with Crippen molar-refractivity contribution in [3.63, 3.8) is 0 Å². The van der Waals surface area contributed by atoms with Crippen molar-refractivity contribution in [2.45, 2.75) is 32.2 Å². The smallest absolute Gasteiger partial charge is 0.255 e. The van der Waals surface area contributed by atoms with Crippen molar-refractivity contribution in [1.29, 1.82) is 0 Å². The number of likely N-dealkylation sites (tertiary alicyclic amines) is 1. The number of para-hydroxylation sites is 1. The Bertz CT molecular complexity index is 693. The van der Waals surface area contributed by atoms with E-state index in [1.54, 1.807) is 23.1 Å². The number of aromatic nitrogens is 3. The number of amides is 2. The lowest BCUT2D eigenvalue weighted by atomic mass is 10.1. The first kappa shape index (κ1) is 16.2. The van der Waals surface area contributed by atoms with Gasteiger partial charge in [-0.2, -0.15) is 5.10 Å². The molecule has 1 aliphatic heterocycles. The van der Waals surface area contributed by atoms with Crippen molar-refractivity contribution in [3.8, 4) is 0 Å². The van der Waals surface area contributed by atoms with Gasteiger partial charge in [0.2, 0.25) is 5.91 Å². The predicted molar refractivity (Wildman–Crippen MR) is 89.5 cm³/mol. The highest BCUT2D eigenvalue weighted by Gasteiger charge is 2.21. The van der Waals surface area contributed by atoms with Crippen LogP contribution in [0.25, 0.3) is 0 Å². The second-order valence-electron chi connectivity index (χ2n) is 5.86. The molecule has 3 rings (SSSR count). The number of benzene rings is 1. The quantitative estimate of drug-likeness (QED) is 0.910. The molecule has 1 N–H and O–H groups in total. The second kappa shape index (κ2) is 7.72. The first-order valence-corrected chi connectivity index (χ1v) is 8.24. The highest BCUT2D eigenvalue weighted by Crippen LogP contribution is 2.20. The third kappa shape index (κ3) is 3.98. The maximum absolute atomic E-state index is 12.7. The van der Waals surface area contributed by atoms with E-state index in [9.17, 15) is 9.59 Å². The molecule has 1 fully saturated rings. The van der Waals surface area contributed by atoms with Gasteiger partial charge in [0.25, 0.3) is 5.91 Å². The molecule has 7 heteroatoms. The van der Waals surface area contributed by atoms with Gasteiger partial charge in [0.15, 0.2) is 0 Å². The molecule has 24 heavy (non-hydrogen) atoms. The lowest BCUT2D eigenvalue weighted by molar-refractivity contribution is -0.116. The molecule has 0 aliphatic carbocycles. The lowest BCUT2D eigenvalue weighted by Crippen LogP contribution is -2.36. The third-order valence-electron chi connectivity index (χ3n) is 4.11. The summed E-state index contributed by atoms with van der Waals surface area (Å²) in [5, 5.41) is 6.81. The fourth-order valence-electron chi connectivity index (χ4n) is 2.82. The Balaban J connectivity index is 1.64. The standard InChI is InChI=1S/C17H21N5O2/c23-16(8-11-22-13-18-12-19-22)20-15-7-3-2-6-14(15)17(24)21-9-4-1-5-10-21/h2-3,6-7,12-13H,1,4-5,8-11H2,(H,20,23). The van der Waals surface area contributed by atoms with Gasteiger partial charge in [-0.3, -0.25) is 14.3 Å². The lowest BCUT2D eigenvalue weighted by Gasteiger charge is -2.27. The fraction of sp³-hybridized carbons (Fsp3) is 0.412. The molecule has 0 bridgehead atoms. The van der Waals surface area contributed by atoms with Crippen molar-refractivity contribution in [1.82, 2.24) is 19.7 Å². The number of hydrogen-bond donors (Lipinski definition) is 1. The first-order chi connectivity index (χ1) is 11.7. The second-order valence-corrected chi connectivity index (χ2v) is 5.86. The number of carbonyl (C=O) groups excluding carboxylic acids is 2. The Morgan fingerprint density at radius 1 is 1.12 bits per heavy atom. The SMILES string of the molecule is O=C(CCn1cncn1)Nc1ccccc1C(=O)N1CCCCC1. The average Bonchev–Trinajstić information content (AvgIpc) is 3.14. The molecule has 0 atom stereocenters. The summed E-state index contributed by atoms with van der Waals surface area (Å²) < 4.78 is 1.60.